The number of hydrogen-bond acceptors (Lipinski definition) is 3. The van der Waals surface area contributed by atoms with Crippen LogP contribution >= 0.6 is 11.6 Å². The topological polar surface area (TPSA) is 69.6 Å². The second-order valence-electron chi connectivity index (χ2n) is 5.05. The normalized spacial score (nSPS) is 12.2. The monoisotopic (exact) mass is 312 g/mol. The van der Waals surface area contributed by atoms with E-state index in [2.05, 4.69) is 5.32 Å². The Balaban J connectivity index is 2.77. The zero-order valence-corrected chi connectivity index (χ0v) is 13.3. The number of carbonyl (C=O) groups excluding carboxylic acids is 1. The van der Waals surface area contributed by atoms with E-state index >= 15 is 0 Å². The second kappa shape index (κ2) is 8.00. The summed E-state index contributed by atoms with van der Waals surface area (Å²) in [5.74, 6) is -1.02. The van der Waals surface area contributed by atoms with Gasteiger partial charge in [0.25, 0.3) is 0 Å². The zero-order valence-electron chi connectivity index (χ0n) is 12.5. The van der Waals surface area contributed by atoms with Crippen molar-refractivity contribution >= 4 is 23.5 Å². The molecule has 1 rings (SSSR count). The average Bonchev–Trinajstić information content (AvgIpc) is 2.40. The third-order valence-electron chi connectivity index (χ3n) is 3.30. The highest BCUT2D eigenvalue weighted by Gasteiger charge is 2.20. The summed E-state index contributed by atoms with van der Waals surface area (Å²) in [5.41, 5.74) is 1.93. The SMILES string of the molecule is CC(=O)NCCN(Cc1ccc(C)c(Cl)c1)C(C)C(=O)O. The zero-order chi connectivity index (χ0) is 16.0. The predicted octanol–water partition coefficient (Wildman–Crippen LogP) is 2.06. The minimum Gasteiger partial charge on any atom is -0.480 e. The van der Waals surface area contributed by atoms with Crippen LogP contribution in [0.4, 0.5) is 0 Å². The molecular formula is C15H21ClN2O3. The first-order chi connectivity index (χ1) is 9.81. The highest BCUT2D eigenvalue weighted by molar-refractivity contribution is 6.31. The minimum atomic E-state index is -0.893. The number of aryl methyl sites for hydroxylation is 1. The smallest absolute Gasteiger partial charge is 0.320 e. The summed E-state index contributed by atoms with van der Waals surface area (Å²) in [6, 6.07) is 5.05. The van der Waals surface area contributed by atoms with Gasteiger partial charge in [0.15, 0.2) is 0 Å². The van der Waals surface area contributed by atoms with Crippen molar-refractivity contribution in [3.05, 3.63) is 34.3 Å². The van der Waals surface area contributed by atoms with Crippen molar-refractivity contribution in [1.29, 1.82) is 0 Å². The molecule has 0 aromatic heterocycles. The lowest BCUT2D eigenvalue weighted by molar-refractivity contribution is -0.142. The van der Waals surface area contributed by atoms with Crippen molar-refractivity contribution in [2.75, 3.05) is 13.1 Å². The van der Waals surface area contributed by atoms with Crippen LogP contribution in [0.3, 0.4) is 0 Å². The van der Waals surface area contributed by atoms with E-state index in [-0.39, 0.29) is 5.91 Å². The number of carboxylic acids is 1. The van der Waals surface area contributed by atoms with Gasteiger partial charge in [0.05, 0.1) is 0 Å². The summed E-state index contributed by atoms with van der Waals surface area (Å²) in [4.78, 5) is 23.9. The first-order valence-electron chi connectivity index (χ1n) is 6.77. The number of amides is 1. The van der Waals surface area contributed by atoms with E-state index in [4.69, 9.17) is 11.6 Å². The van der Waals surface area contributed by atoms with E-state index in [0.717, 1.165) is 11.1 Å². The van der Waals surface area contributed by atoms with Crippen LogP contribution in [0.25, 0.3) is 0 Å². The number of nitrogens with one attached hydrogen (secondary N) is 1. The lowest BCUT2D eigenvalue weighted by Crippen LogP contribution is -2.42. The predicted molar refractivity (Wildman–Crippen MR) is 82.4 cm³/mol. The van der Waals surface area contributed by atoms with Crippen LogP contribution < -0.4 is 5.32 Å². The molecule has 5 nitrogen and oxygen atoms in total. The van der Waals surface area contributed by atoms with Crippen molar-refractivity contribution in [2.45, 2.75) is 33.4 Å². The molecule has 116 valence electrons. The summed E-state index contributed by atoms with van der Waals surface area (Å²) < 4.78 is 0. The fourth-order valence-electron chi connectivity index (χ4n) is 1.91. The van der Waals surface area contributed by atoms with Crippen molar-refractivity contribution in [3.8, 4) is 0 Å². The van der Waals surface area contributed by atoms with Gasteiger partial charge in [-0.15, -0.1) is 0 Å². The van der Waals surface area contributed by atoms with Gasteiger partial charge in [-0.2, -0.15) is 0 Å². The summed E-state index contributed by atoms with van der Waals surface area (Å²) in [6.07, 6.45) is 0. The average molecular weight is 313 g/mol. The number of benzene rings is 1. The van der Waals surface area contributed by atoms with Crippen molar-refractivity contribution in [2.24, 2.45) is 0 Å². The molecule has 0 spiro atoms. The maximum Gasteiger partial charge on any atom is 0.320 e. The molecule has 1 amide bonds. The fraction of sp³-hybridized carbons (Fsp3) is 0.467. The van der Waals surface area contributed by atoms with Gasteiger partial charge in [-0.3, -0.25) is 14.5 Å². The second-order valence-corrected chi connectivity index (χ2v) is 5.46. The molecule has 0 saturated carbocycles. The number of aliphatic carboxylic acids is 1. The van der Waals surface area contributed by atoms with E-state index in [9.17, 15) is 14.7 Å². The van der Waals surface area contributed by atoms with Crippen LogP contribution in [0.2, 0.25) is 5.02 Å². The van der Waals surface area contributed by atoms with Gasteiger partial charge in [0.2, 0.25) is 5.91 Å². The number of carboxylic acid groups (broad SMARTS) is 1. The van der Waals surface area contributed by atoms with E-state index in [1.807, 2.05) is 25.1 Å². The molecule has 0 bridgehead atoms. The Morgan fingerprint density at radius 2 is 2.10 bits per heavy atom. The van der Waals surface area contributed by atoms with Crippen LogP contribution in [0.5, 0.6) is 0 Å². The van der Waals surface area contributed by atoms with Crippen LogP contribution in [-0.4, -0.2) is 41.0 Å². The van der Waals surface area contributed by atoms with E-state index < -0.39 is 12.0 Å². The third-order valence-corrected chi connectivity index (χ3v) is 3.71. The van der Waals surface area contributed by atoms with Gasteiger partial charge in [0.1, 0.15) is 6.04 Å². The molecule has 0 radical (unpaired) electrons. The molecule has 0 fully saturated rings. The van der Waals surface area contributed by atoms with Crippen LogP contribution in [0.1, 0.15) is 25.0 Å². The van der Waals surface area contributed by atoms with Gasteiger partial charge in [0, 0.05) is 31.6 Å². The molecular weight excluding hydrogens is 292 g/mol. The molecule has 0 aliphatic carbocycles. The molecule has 2 N–H and O–H groups in total. The van der Waals surface area contributed by atoms with Gasteiger partial charge >= 0.3 is 5.97 Å². The highest BCUT2D eigenvalue weighted by Crippen LogP contribution is 2.18. The minimum absolute atomic E-state index is 0.128. The van der Waals surface area contributed by atoms with E-state index in [1.165, 1.54) is 6.92 Å². The first kappa shape index (κ1) is 17.5. The van der Waals surface area contributed by atoms with Crippen LogP contribution in [0.15, 0.2) is 18.2 Å². The maximum absolute atomic E-state index is 11.2. The lowest BCUT2D eigenvalue weighted by Gasteiger charge is -2.26. The Hall–Kier alpha value is -1.59. The van der Waals surface area contributed by atoms with Gasteiger partial charge < -0.3 is 10.4 Å². The number of halogens is 1. The quantitative estimate of drug-likeness (QED) is 0.808. The molecule has 1 aromatic carbocycles. The Morgan fingerprint density at radius 1 is 1.43 bits per heavy atom. The van der Waals surface area contributed by atoms with Gasteiger partial charge in [-0.25, -0.2) is 0 Å². The summed E-state index contributed by atoms with van der Waals surface area (Å²) in [5, 5.41) is 12.5. The molecule has 1 unspecified atom stereocenters. The van der Waals surface area contributed by atoms with Crippen molar-refractivity contribution in [3.63, 3.8) is 0 Å². The van der Waals surface area contributed by atoms with Gasteiger partial charge in [-0.05, 0) is 31.0 Å². The Morgan fingerprint density at radius 3 is 2.62 bits per heavy atom. The van der Waals surface area contributed by atoms with Crippen molar-refractivity contribution < 1.29 is 14.7 Å². The number of rotatable bonds is 7. The Kier molecular flexibility index (Phi) is 6.65. The molecule has 0 aliphatic heterocycles. The van der Waals surface area contributed by atoms with Crippen molar-refractivity contribution in [1.82, 2.24) is 10.2 Å². The molecule has 1 atom stereocenters. The fourth-order valence-corrected chi connectivity index (χ4v) is 2.11. The van der Waals surface area contributed by atoms with Gasteiger partial charge in [-0.1, -0.05) is 23.7 Å². The molecule has 21 heavy (non-hydrogen) atoms. The lowest BCUT2D eigenvalue weighted by atomic mass is 10.1. The maximum atomic E-state index is 11.2. The molecule has 0 saturated heterocycles. The summed E-state index contributed by atoms with van der Waals surface area (Å²) in [7, 11) is 0. The summed E-state index contributed by atoms with van der Waals surface area (Å²) in [6.45, 7) is 6.31. The Labute approximate surface area is 129 Å². The highest BCUT2D eigenvalue weighted by atomic mass is 35.5. The molecule has 0 heterocycles. The largest absolute Gasteiger partial charge is 0.480 e. The van der Waals surface area contributed by atoms with Crippen LogP contribution in [0, 0.1) is 6.92 Å². The molecule has 6 heteroatoms. The van der Waals surface area contributed by atoms with E-state index in [1.54, 1.807) is 11.8 Å². The van der Waals surface area contributed by atoms with Crippen LogP contribution in [-0.2, 0) is 16.1 Å². The Bertz CT molecular complexity index is 520. The summed E-state index contributed by atoms with van der Waals surface area (Å²) >= 11 is 6.09. The standard InChI is InChI=1S/C15H21ClN2O3/c1-10-4-5-13(8-14(10)16)9-18(11(2)15(20)21)7-6-17-12(3)19/h4-5,8,11H,6-7,9H2,1-3H3,(H,17,19)(H,20,21). The number of hydrogen-bond donors (Lipinski definition) is 2. The van der Waals surface area contributed by atoms with E-state index in [0.29, 0.717) is 24.7 Å². The first-order valence-corrected chi connectivity index (χ1v) is 7.15. The molecule has 1 aromatic rings. The molecule has 0 aliphatic rings. The third kappa shape index (κ3) is 5.73. The number of carbonyl (C=O) groups is 2. The number of nitrogens with zero attached hydrogens (tertiary/aromatic N) is 1.